The lowest BCUT2D eigenvalue weighted by molar-refractivity contribution is -0.732. The van der Waals surface area contributed by atoms with Gasteiger partial charge in [-0.05, 0) is 52.5 Å². The molecule has 2 heterocycles. The van der Waals surface area contributed by atoms with Gasteiger partial charge in [0.1, 0.15) is 24.5 Å². The molecule has 0 saturated heterocycles. The van der Waals surface area contributed by atoms with Crippen molar-refractivity contribution in [3.8, 4) is 0 Å². The van der Waals surface area contributed by atoms with E-state index in [1.54, 1.807) is 0 Å². The van der Waals surface area contributed by atoms with Crippen molar-refractivity contribution >= 4 is 28.6 Å². The van der Waals surface area contributed by atoms with Gasteiger partial charge in [0.2, 0.25) is 6.73 Å². The van der Waals surface area contributed by atoms with Crippen LogP contribution in [-0.4, -0.2) is 32.5 Å². The predicted molar refractivity (Wildman–Crippen MR) is 150 cm³/mol. The number of imidazole rings is 1. The number of aryl methyl sites for hydroxylation is 1. The van der Waals surface area contributed by atoms with Crippen LogP contribution in [0.2, 0.25) is 0 Å². The molecule has 2 aliphatic carbocycles. The van der Waals surface area contributed by atoms with Gasteiger partial charge in [0, 0.05) is 36.1 Å². The second-order valence-electron chi connectivity index (χ2n) is 12.6. The number of fused-ring (bicyclic) bond motifs is 3. The number of para-hydroxylation sites is 1. The van der Waals surface area contributed by atoms with E-state index in [0.717, 1.165) is 60.1 Å². The molecule has 1 atom stereocenters. The number of Topliss-reactive ketones (excluding diaryl/α,β-unsaturated/α-hetero) is 1. The van der Waals surface area contributed by atoms with Crippen LogP contribution in [0.4, 0.5) is 0 Å². The number of hydrogen-bond donors (Lipinski definition) is 0. The molecule has 214 valence electrons. The average molecular weight is 549 g/mol. The maximum Gasteiger partial charge on any atom is 0.315 e. The molecule has 0 amide bonds. The highest BCUT2D eigenvalue weighted by Gasteiger charge is 2.44. The zero-order chi connectivity index (χ0) is 28.7. The second kappa shape index (κ2) is 10.9. The maximum absolute atomic E-state index is 13.6. The van der Waals surface area contributed by atoms with E-state index in [4.69, 9.17) is 9.47 Å². The summed E-state index contributed by atoms with van der Waals surface area (Å²) in [5.74, 6) is 0.316. The van der Waals surface area contributed by atoms with Crippen molar-refractivity contribution in [2.45, 2.75) is 97.9 Å². The van der Waals surface area contributed by atoms with Crippen LogP contribution in [-0.2, 0) is 45.8 Å². The number of ketones is 1. The molecule has 2 aromatic heterocycles. The molecule has 8 heteroatoms. The van der Waals surface area contributed by atoms with Crippen molar-refractivity contribution in [1.29, 1.82) is 0 Å². The van der Waals surface area contributed by atoms with Gasteiger partial charge in [-0.2, -0.15) is 4.57 Å². The minimum absolute atomic E-state index is 0.0493. The fourth-order valence-corrected chi connectivity index (χ4v) is 6.56. The van der Waals surface area contributed by atoms with E-state index in [1.165, 1.54) is 0 Å². The smallest absolute Gasteiger partial charge is 0.315 e. The normalized spacial score (nSPS) is 18.9. The molecule has 5 rings (SSSR count). The molecule has 3 aromatic rings. The zero-order valence-electron chi connectivity index (χ0n) is 24.5. The van der Waals surface area contributed by atoms with Crippen molar-refractivity contribution < 1.29 is 28.4 Å². The fraction of sp³-hybridized carbons (Fsp3) is 0.562. The van der Waals surface area contributed by atoms with Gasteiger partial charge in [-0.15, -0.1) is 0 Å². The van der Waals surface area contributed by atoms with E-state index in [0.29, 0.717) is 19.4 Å². The number of esters is 2. The highest BCUT2D eigenvalue weighted by Crippen LogP contribution is 2.41. The number of ether oxygens (including phenoxy) is 2. The third kappa shape index (κ3) is 5.45. The van der Waals surface area contributed by atoms with Gasteiger partial charge in [-0.25, -0.2) is 4.57 Å². The Labute approximate surface area is 236 Å². The first-order valence-corrected chi connectivity index (χ1v) is 14.5. The van der Waals surface area contributed by atoms with E-state index >= 15 is 0 Å². The highest BCUT2D eigenvalue weighted by atomic mass is 16.6. The van der Waals surface area contributed by atoms with Gasteiger partial charge in [-0.1, -0.05) is 37.5 Å². The summed E-state index contributed by atoms with van der Waals surface area (Å²) in [4.78, 5) is 39.7. The van der Waals surface area contributed by atoms with Crippen LogP contribution in [0, 0.1) is 18.3 Å². The average Bonchev–Trinajstić information content (AvgIpc) is 3.40. The van der Waals surface area contributed by atoms with Gasteiger partial charge < -0.3 is 14.0 Å². The molecule has 0 spiro atoms. The van der Waals surface area contributed by atoms with Gasteiger partial charge >= 0.3 is 11.9 Å². The molecular weight excluding hydrogens is 506 g/mol. The maximum atomic E-state index is 13.6. The monoisotopic (exact) mass is 548 g/mol. The van der Waals surface area contributed by atoms with Gasteiger partial charge in [0.05, 0.1) is 17.8 Å². The Hall–Kier alpha value is -3.42. The lowest BCUT2D eigenvalue weighted by Gasteiger charge is -2.34. The molecule has 2 aliphatic rings. The third-order valence-corrected chi connectivity index (χ3v) is 8.73. The number of carbonyl (C=O) groups excluding carboxylic acids is 3. The number of carbonyl (C=O) groups is 3. The van der Waals surface area contributed by atoms with Gasteiger partial charge in [-0.3, -0.25) is 14.4 Å². The summed E-state index contributed by atoms with van der Waals surface area (Å²) in [6, 6.07) is 8.11. The Morgan fingerprint density at radius 1 is 1.12 bits per heavy atom. The number of rotatable bonds is 7. The summed E-state index contributed by atoms with van der Waals surface area (Å²) in [5.41, 5.74) is 1.66. The van der Waals surface area contributed by atoms with Crippen LogP contribution in [0.25, 0.3) is 10.9 Å². The summed E-state index contributed by atoms with van der Waals surface area (Å²) in [6.07, 6.45) is 9.68. The van der Waals surface area contributed by atoms with Crippen molar-refractivity contribution in [2.75, 3.05) is 0 Å². The van der Waals surface area contributed by atoms with Crippen molar-refractivity contribution in [3.63, 3.8) is 0 Å². The molecule has 1 aromatic carbocycles. The Bertz CT molecular complexity index is 1430. The molecule has 40 heavy (non-hydrogen) atoms. The molecular formula is C32H42N3O5+. The van der Waals surface area contributed by atoms with Crippen molar-refractivity contribution in [3.05, 3.63) is 53.7 Å². The Morgan fingerprint density at radius 2 is 1.85 bits per heavy atom. The molecule has 1 saturated carbocycles. The van der Waals surface area contributed by atoms with Crippen LogP contribution in [0.1, 0.15) is 87.6 Å². The second-order valence-corrected chi connectivity index (χ2v) is 12.6. The summed E-state index contributed by atoms with van der Waals surface area (Å²) in [6.45, 7) is 8.13. The predicted octanol–water partition coefficient (Wildman–Crippen LogP) is 5.20. The van der Waals surface area contributed by atoms with Gasteiger partial charge in [0.15, 0.2) is 5.78 Å². The first kappa shape index (κ1) is 28.1. The minimum Gasteiger partial charge on any atom is -0.460 e. The van der Waals surface area contributed by atoms with E-state index in [2.05, 4.69) is 15.2 Å². The van der Waals surface area contributed by atoms with E-state index in [-0.39, 0.29) is 36.8 Å². The lowest BCUT2D eigenvalue weighted by atomic mass is 9.72. The topological polar surface area (TPSA) is 83.4 Å². The van der Waals surface area contributed by atoms with Crippen LogP contribution in [0.5, 0.6) is 0 Å². The fourth-order valence-electron chi connectivity index (χ4n) is 6.56. The first-order valence-electron chi connectivity index (χ1n) is 14.5. The van der Waals surface area contributed by atoms with E-state index in [9.17, 15) is 14.4 Å². The van der Waals surface area contributed by atoms with E-state index < -0.39 is 11.0 Å². The number of nitrogens with zero attached hydrogens (tertiary/aromatic N) is 3. The molecule has 8 nitrogen and oxygen atoms in total. The largest absolute Gasteiger partial charge is 0.460 e. The van der Waals surface area contributed by atoms with Gasteiger partial charge in [0.25, 0.3) is 5.82 Å². The molecule has 0 bridgehead atoms. The Balaban J connectivity index is 1.26. The van der Waals surface area contributed by atoms with Crippen molar-refractivity contribution in [2.24, 2.45) is 18.4 Å². The molecule has 0 aliphatic heterocycles. The SMILES string of the molecule is Cc1n(CC2CCc3c(c4ccccc4n3C)C2=O)cc[n+]1COC(=O)C1(CC(=O)OC(C)(C)C)CCCCC1. The molecule has 0 N–H and O–H groups in total. The molecule has 1 unspecified atom stereocenters. The summed E-state index contributed by atoms with van der Waals surface area (Å²) >= 11 is 0. The number of hydrogen-bond acceptors (Lipinski definition) is 5. The third-order valence-electron chi connectivity index (χ3n) is 8.73. The summed E-state index contributed by atoms with van der Waals surface area (Å²) in [7, 11) is 2.04. The highest BCUT2D eigenvalue weighted by molar-refractivity contribution is 6.11. The minimum atomic E-state index is -0.831. The first-order chi connectivity index (χ1) is 19.0. The number of aromatic nitrogens is 3. The van der Waals surface area contributed by atoms with Crippen LogP contribution in [0.3, 0.4) is 0 Å². The lowest BCUT2D eigenvalue weighted by Crippen LogP contribution is -2.43. The van der Waals surface area contributed by atoms with Crippen LogP contribution < -0.4 is 4.57 Å². The zero-order valence-corrected chi connectivity index (χ0v) is 24.5. The van der Waals surface area contributed by atoms with Crippen molar-refractivity contribution in [1.82, 2.24) is 9.13 Å². The Morgan fingerprint density at radius 3 is 2.58 bits per heavy atom. The van der Waals surface area contributed by atoms with Crippen LogP contribution in [0.15, 0.2) is 36.7 Å². The summed E-state index contributed by atoms with van der Waals surface area (Å²) < 4.78 is 17.5. The van der Waals surface area contributed by atoms with E-state index in [1.807, 2.05) is 69.9 Å². The quantitative estimate of drug-likeness (QED) is 0.299. The van der Waals surface area contributed by atoms with Crippen LogP contribution >= 0.6 is 0 Å². The standard InChI is InChI=1S/C32H42N3O5/c1-22-34(20-23-13-14-26-28(29(23)37)24-11-7-8-12-25(24)33(26)5)17-18-35(22)21-39-30(38)32(15-9-6-10-16-32)19-27(36)40-31(2,3)4/h7-8,11-12,17-18,23H,6,9-10,13-16,19-21H2,1-5H3/q+1. The molecule has 0 radical (unpaired) electrons. The number of benzene rings is 1. The summed E-state index contributed by atoms with van der Waals surface area (Å²) in [5, 5.41) is 1.03. The Kier molecular flexibility index (Phi) is 7.64. The molecule has 1 fully saturated rings.